The average molecular weight is 422 g/mol. The lowest BCUT2D eigenvalue weighted by Gasteiger charge is -2.35. The zero-order chi connectivity index (χ0) is 22.2. The SMILES string of the molecule is Cc1ccc(N2CCN(C)CC2)c(CC2CCN(c3ccc(C(C)(C)O)cc3)C2=O)c1. The topological polar surface area (TPSA) is 47.0 Å². The number of anilines is 2. The molecule has 31 heavy (non-hydrogen) atoms. The molecule has 2 aliphatic rings. The van der Waals surface area contributed by atoms with Crippen LogP contribution in [-0.2, 0) is 16.8 Å². The zero-order valence-electron chi connectivity index (χ0n) is 19.3. The monoisotopic (exact) mass is 421 g/mol. The number of benzene rings is 2. The Hall–Kier alpha value is -2.37. The highest BCUT2D eigenvalue weighted by Gasteiger charge is 2.33. The molecule has 1 atom stereocenters. The summed E-state index contributed by atoms with van der Waals surface area (Å²) in [6, 6.07) is 14.4. The van der Waals surface area contributed by atoms with Crippen LogP contribution in [0, 0.1) is 12.8 Å². The molecule has 0 spiro atoms. The number of amides is 1. The molecule has 2 saturated heterocycles. The van der Waals surface area contributed by atoms with Gasteiger partial charge in [-0.3, -0.25) is 4.79 Å². The summed E-state index contributed by atoms with van der Waals surface area (Å²) in [5.41, 5.74) is 4.74. The van der Waals surface area contributed by atoms with Gasteiger partial charge < -0.3 is 19.8 Å². The number of likely N-dealkylation sites (N-methyl/N-ethyl adjacent to an activating group) is 1. The van der Waals surface area contributed by atoms with E-state index in [1.165, 1.54) is 16.8 Å². The molecule has 5 heteroatoms. The van der Waals surface area contributed by atoms with Crippen LogP contribution in [-0.4, -0.2) is 55.7 Å². The van der Waals surface area contributed by atoms with Crippen LogP contribution < -0.4 is 9.80 Å². The summed E-state index contributed by atoms with van der Waals surface area (Å²) in [5.74, 6) is 0.226. The smallest absolute Gasteiger partial charge is 0.230 e. The Morgan fingerprint density at radius 2 is 1.68 bits per heavy atom. The quantitative estimate of drug-likeness (QED) is 0.802. The third-order valence-corrected chi connectivity index (χ3v) is 6.75. The summed E-state index contributed by atoms with van der Waals surface area (Å²) in [6.07, 6.45) is 1.67. The standard InChI is InChI=1S/C26H35N3O2/c1-19-5-10-24(28-15-13-27(4)14-16-28)21(17-19)18-20-11-12-29(25(20)30)23-8-6-22(7-9-23)26(2,3)31/h5-10,17,20,31H,11-16,18H2,1-4H3. The number of hydrogen-bond donors (Lipinski definition) is 1. The van der Waals surface area contributed by atoms with Gasteiger partial charge in [0.15, 0.2) is 0 Å². The number of rotatable bonds is 5. The first-order valence-corrected chi connectivity index (χ1v) is 11.4. The van der Waals surface area contributed by atoms with E-state index in [2.05, 4.69) is 42.0 Å². The van der Waals surface area contributed by atoms with Gasteiger partial charge in [-0.2, -0.15) is 0 Å². The van der Waals surface area contributed by atoms with E-state index in [0.717, 1.165) is 56.8 Å². The van der Waals surface area contributed by atoms with E-state index >= 15 is 0 Å². The molecule has 2 fully saturated rings. The fourth-order valence-electron chi connectivity index (χ4n) is 4.73. The second kappa shape index (κ2) is 8.64. The van der Waals surface area contributed by atoms with E-state index in [0.29, 0.717) is 0 Å². The highest BCUT2D eigenvalue weighted by molar-refractivity contribution is 5.97. The van der Waals surface area contributed by atoms with Crippen molar-refractivity contribution in [3.8, 4) is 0 Å². The van der Waals surface area contributed by atoms with Crippen LogP contribution in [0.15, 0.2) is 42.5 Å². The predicted molar refractivity (Wildman–Crippen MR) is 127 cm³/mol. The van der Waals surface area contributed by atoms with Crippen LogP contribution in [0.4, 0.5) is 11.4 Å². The van der Waals surface area contributed by atoms with Gasteiger partial charge in [0.05, 0.1) is 5.60 Å². The van der Waals surface area contributed by atoms with Crippen LogP contribution in [0.5, 0.6) is 0 Å². The molecule has 5 nitrogen and oxygen atoms in total. The summed E-state index contributed by atoms with van der Waals surface area (Å²) in [5, 5.41) is 10.2. The first kappa shape index (κ1) is 21.8. The number of aliphatic hydroxyl groups is 1. The lowest BCUT2D eigenvalue weighted by molar-refractivity contribution is -0.120. The molecule has 0 aromatic heterocycles. The molecule has 2 aromatic rings. The largest absolute Gasteiger partial charge is 0.386 e. The minimum atomic E-state index is -0.874. The molecule has 0 aliphatic carbocycles. The second-order valence-corrected chi connectivity index (χ2v) is 9.71. The number of carbonyl (C=O) groups excluding carboxylic acids is 1. The number of piperazine rings is 1. The molecule has 0 radical (unpaired) electrons. The fraction of sp³-hybridized carbons (Fsp3) is 0.500. The Labute approximate surface area is 186 Å². The fourth-order valence-corrected chi connectivity index (χ4v) is 4.73. The van der Waals surface area contributed by atoms with E-state index in [1.54, 1.807) is 13.8 Å². The van der Waals surface area contributed by atoms with Crippen molar-refractivity contribution in [1.82, 2.24) is 4.90 Å². The molecular weight excluding hydrogens is 386 g/mol. The molecule has 2 aromatic carbocycles. The van der Waals surface area contributed by atoms with Crippen LogP contribution in [0.25, 0.3) is 0 Å². The lowest BCUT2D eigenvalue weighted by atomic mass is 9.95. The van der Waals surface area contributed by atoms with Crippen LogP contribution in [0.1, 0.15) is 37.0 Å². The van der Waals surface area contributed by atoms with E-state index < -0.39 is 5.60 Å². The zero-order valence-corrected chi connectivity index (χ0v) is 19.3. The van der Waals surface area contributed by atoms with Gasteiger partial charge in [-0.05, 0) is 70.0 Å². The summed E-state index contributed by atoms with van der Waals surface area (Å²) < 4.78 is 0. The average Bonchev–Trinajstić information content (AvgIpc) is 3.09. The predicted octanol–water partition coefficient (Wildman–Crippen LogP) is 3.57. The van der Waals surface area contributed by atoms with Gasteiger partial charge in [-0.15, -0.1) is 0 Å². The van der Waals surface area contributed by atoms with Gasteiger partial charge in [-0.1, -0.05) is 29.8 Å². The van der Waals surface area contributed by atoms with Crippen molar-refractivity contribution in [2.45, 2.75) is 39.2 Å². The Morgan fingerprint density at radius 3 is 2.32 bits per heavy atom. The summed E-state index contributed by atoms with van der Waals surface area (Å²) in [4.78, 5) is 20.0. The van der Waals surface area contributed by atoms with Crippen LogP contribution >= 0.6 is 0 Å². The minimum absolute atomic E-state index is 0.0157. The number of aryl methyl sites for hydroxylation is 1. The van der Waals surface area contributed by atoms with Crippen molar-refractivity contribution in [2.75, 3.05) is 49.6 Å². The van der Waals surface area contributed by atoms with Crippen molar-refractivity contribution in [2.24, 2.45) is 5.92 Å². The molecule has 0 saturated carbocycles. The van der Waals surface area contributed by atoms with Crippen molar-refractivity contribution in [3.05, 3.63) is 59.2 Å². The van der Waals surface area contributed by atoms with Gasteiger partial charge >= 0.3 is 0 Å². The molecule has 1 unspecified atom stereocenters. The first-order chi connectivity index (χ1) is 14.7. The van der Waals surface area contributed by atoms with Crippen molar-refractivity contribution in [1.29, 1.82) is 0 Å². The molecule has 1 N–H and O–H groups in total. The van der Waals surface area contributed by atoms with E-state index in [1.807, 2.05) is 29.2 Å². The summed E-state index contributed by atoms with van der Waals surface area (Å²) >= 11 is 0. The molecule has 1 amide bonds. The second-order valence-electron chi connectivity index (χ2n) is 9.71. The maximum Gasteiger partial charge on any atom is 0.230 e. The molecule has 4 rings (SSSR count). The molecular formula is C26H35N3O2. The van der Waals surface area contributed by atoms with Gasteiger partial charge in [-0.25, -0.2) is 0 Å². The number of nitrogens with zero attached hydrogens (tertiary/aromatic N) is 3. The normalized spacial score (nSPS) is 20.5. The maximum atomic E-state index is 13.3. The maximum absolute atomic E-state index is 13.3. The Kier molecular flexibility index (Phi) is 6.09. The van der Waals surface area contributed by atoms with Crippen molar-refractivity contribution < 1.29 is 9.90 Å². The Balaban J connectivity index is 1.49. The van der Waals surface area contributed by atoms with Gasteiger partial charge in [0, 0.05) is 50.0 Å². The van der Waals surface area contributed by atoms with Crippen LogP contribution in [0.3, 0.4) is 0 Å². The summed E-state index contributed by atoms with van der Waals surface area (Å²) in [6.45, 7) is 10.6. The van der Waals surface area contributed by atoms with Crippen molar-refractivity contribution >= 4 is 17.3 Å². The summed E-state index contributed by atoms with van der Waals surface area (Å²) in [7, 11) is 2.17. The molecule has 0 bridgehead atoms. The highest BCUT2D eigenvalue weighted by Crippen LogP contribution is 2.32. The van der Waals surface area contributed by atoms with Crippen molar-refractivity contribution in [3.63, 3.8) is 0 Å². The first-order valence-electron chi connectivity index (χ1n) is 11.4. The van der Waals surface area contributed by atoms with E-state index in [-0.39, 0.29) is 11.8 Å². The third kappa shape index (κ3) is 4.78. The van der Waals surface area contributed by atoms with Gasteiger partial charge in [0.25, 0.3) is 0 Å². The Morgan fingerprint density at radius 1 is 1.00 bits per heavy atom. The molecule has 2 aliphatic heterocycles. The number of hydrogen-bond acceptors (Lipinski definition) is 4. The van der Waals surface area contributed by atoms with Crippen LogP contribution in [0.2, 0.25) is 0 Å². The third-order valence-electron chi connectivity index (χ3n) is 6.75. The van der Waals surface area contributed by atoms with E-state index in [9.17, 15) is 9.90 Å². The number of carbonyl (C=O) groups is 1. The Bertz CT molecular complexity index is 925. The minimum Gasteiger partial charge on any atom is -0.386 e. The molecule has 166 valence electrons. The lowest BCUT2D eigenvalue weighted by Crippen LogP contribution is -2.44. The van der Waals surface area contributed by atoms with Gasteiger partial charge in [0.2, 0.25) is 5.91 Å². The highest BCUT2D eigenvalue weighted by atomic mass is 16.3. The van der Waals surface area contributed by atoms with Gasteiger partial charge in [0.1, 0.15) is 0 Å². The molecule has 2 heterocycles. The van der Waals surface area contributed by atoms with E-state index in [4.69, 9.17) is 0 Å².